The van der Waals surface area contributed by atoms with E-state index in [0.29, 0.717) is 0 Å². The maximum Gasteiger partial charge on any atom is 0.328 e. The number of hydrogen-bond donors (Lipinski definition) is 3. The summed E-state index contributed by atoms with van der Waals surface area (Å²) in [7, 11) is 1.69. The minimum absolute atomic E-state index is 0.109. The number of aliphatic carboxylic acids is 1. The zero-order valence-corrected chi connectivity index (χ0v) is 8.04. The Morgan fingerprint density at radius 2 is 2.33 bits per heavy atom. The lowest BCUT2D eigenvalue weighted by Crippen LogP contribution is -2.43. The number of imidazole rings is 1. The van der Waals surface area contributed by atoms with Gasteiger partial charge in [0.2, 0.25) is 0 Å². The Kier molecular flexibility index (Phi) is 3.40. The molecule has 0 bridgehead atoms. The van der Waals surface area contributed by atoms with Crippen molar-refractivity contribution in [3.05, 3.63) is 18.2 Å². The molecule has 1 amide bonds. The van der Waals surface area contributed by atoms with Gasteiger partial charge in [0.05, 0.1) is 12.9 Å². The molecule has 0 aliphatic heterocycles. The van der Waals surface area contributed by atoms with Crippen LogP contribution >= 0.6 is 0 Å². The van der Waals surface area contributed by atoms with Gasteiger partial charge in [-0.3, -0.25) is 4.79 Å². The van der Waals surface area contributed by atoms with E-state index in [1.807, 2.05) is 0 Å². The van der Waals surface area contributed by atoms with E-state index >= 15 is 0 Å². The van der Waals surface area contributed by atoms with Gasteiger partial charge in [-0.1, -0.05) is 0 Å². The van der Waals surface area contributed by atoms with Gasteiger partial charge in [-0.2, -0.15) is 0 Å². The molecule has 1 heterocycles. The summed E-state index contributed by atoms with van der Waals surface area (Å²) in [5.74, 6) is -1.92. The number of aromatic nitrogens is 2. The number of aliphatic hydroxyl groups is 1. The first-order valence-corrected chi connectivity index (χ1v) is 4.17. The van der Waals surface area contributed by atoms with Crippen LogP contribution in [0.25, 0.3) is 0 Å². The zero-order valence-electron chi connectivity index (χ0n) is 8.04. The van der Waals surface area contributed by atoms with E-state index in [9.17, 15) is 9.59 Å². The molecule has 7 heteroatoms. The average molecular weight is 213 g/mol. The molecular formula is C8H11N3O4. The fourth-order valence-electron chi connectivity index (χ4n) is 0.948. The van der Waals surface area contributed by atoms with E-state index in [4.69, 9.17) is 10.2 Å². The largest absolute Gasteiger partial charge is 0.480 e. The lowest BCUT2D eigenvalue weighted by Gasteiger charge is -2.09. The van der Waals surface area contributed by atoms with Gasteiger partial charge in [-0.05, 0) is 0 Å². The predicted octanol–water partition coefficient (Wildman–Crippen LogP) is -1.40. The van der Waals surface area contributed by atoms with Crippen molar-refractivity contribution in [3.8, 4) is 0 Å². The molecule has 0 unspecified atom stereocenters. The smallest absolute Gasteiger partial charge is 0.328 e. The number of aliphatic hydroxyl groups excluding tert-OH is 1. The van der Waals surface area contributed by atoms with Crippen LogP contribution in [0, 0.1) is 0 Å². The molecule has 0 spiro atoms. The van der Waals surface area contributed by atoms with Gasteiger partial charge in [0, 0.05) is 13.2 Å². The minimum atomic E-state index is -1.31. The first-order valence-electron chi connectivity index (χ1n) is 4.17. The SMILES string of the molecule is Cn1cnc(C(=O)N[C@@H](CO)C(=O)O)c1. The Morgan fingerprint density at radius 3 is 2.73 bits per heavy atom. The van der Waals surface area contributed by atoms with Crippen LogP contribution < -0.4 is 5.32 Å². The molecule has 1 atom stereocenters. The van der Waals surface area contributed by atoms with Gasteiger partial charge in [0.1, 0.15) is 5.69 Å². The van der Waals surface area contributed by atoms with Crippen LogP contribution in [0.1, 0.15) is 10.5 Å². The minimum Gasteiger partial charge on any atom is -0.480 e. The summed E-state index contributed by atoms with van der Waals surface area (Å²) in [6.45, 7) is -0.659. The van der Waals surface area contributed by atoms with Crippen LogP contribution in [0.15, 0.2) is 12.5 Å². The lowest BCUT2D eigenvalue weighted by molar-refractivity contribution is -0.140. The van der Waals surface area contributed by atoms with Crippen molar-refractivity contribution in [1.82, 2.24) is 14.9 Å². The van der Waals surface area contributed by atoms with Gasteiger partial charge in [0.25, 0.3) is 5.91 Å². The lowest BCUT2D eigenvalue weighted by atomic mass is 10.3. The number of nitrogens with zero attached hydrogens (tertiary/aromatic N) is 2. The van der Waals surface area contributed by atoms with E-state index < -0.39 is 24.5 Å². The maximum atomic E-state index is 11.4. The molecule has 1 aromatic rings. The number of rotatable bonds is 4. The molecule has 0 fully saturated rings. The summed E-state index contributed by atoms with van der Waals surface area (Å²) in [6, 6.07) is -1.31. The van der Waals surface area contributed by atoms with E-state index in [1.54, 1.807) is 11.6 Å². The summed E-state index contributed by atoms with van der Waals surface area (Å²) >= 11 is 0. The van der Waals surface area contributed by atoms with Crippen LogP contribution in [0.2, 0.25) is 0 Å². The number of nitrogens with one attached hydrogen (secondary N) is 1. The highest BCUT2D eigenvalue weighted by atomic mass is 16.4. The van der Waals surface area contributed by atoms with Gasteiger partial charge < -0.3 is 20.1 Å². The standard InChI is InChI=1S/C8H11N3O4/c1-11-2-5(9-4-11)7(13)10-6(3-12)8(14)15/h2,4,6,12H,3H2,1H3,(H,10,13)(H,14,15)/t6-/m0/s1. The summed E-state index contributed by atoms with van der Waals surface area (Å²) in [5, 5.41) is 19.4. The normalized spacial score (nSPS) is 12.1. The van der Waals surface area contributed by atoms with Crippen molar-refractivity contribution in [1.29, 1.82) is 0 Å². The van der Waals surface area contributed by atoms with Crippen LogP contribution in [-0.2, 0) is 11.8 Å². The molecule has 0 aliphatic rings. The molecule has 0 saturated heterocycles. The fraction of sp³-hybridized carbons (Fsp3) is 0.375. The van der Waals surface area contributed by atoms with Gasteiger partial charge >= 0.3 is 5.97 Å². The molecule has 82 valence electrons. The molecule has 0 radical (unpaired) electrons. The van der Waals surface area contributed by atoms with Gasteiger partial charge in [-0.25, -0.2) is 9.78 Å². The second kappa shape index (κ2) is 4.56. The van der Waals surface area contributed by atoms with Crippen molar-refractivity contribution in [3.63, 3.8) is 0 Å². The summed E-state index contributed by atoms with van der Waals surface area (Å²) < 4.78 is 1.56. The molecule has 0 aromatic carbocycles. The maximum absolute atomic E-state index is 11.4. The van der Waals surface area contributed by atoms with E-state index in [-0.39, 0.29) is 5.69 Å². The third-order valence-electron chi connectivity index (χ3n) is 1.72. The quantitative estimate of drug-likeness (QED) is 0.570. The Morgan fingerprint density at radius 1 is 1.67 bits per heavy atom. The predicted molar refractivity (Wildman–Crippen MR) is 49.2 cm³/mol. The number of carboxylic acids is 1. The number of carboxylic acid groups (broad SMARTS) is 1. The van der Waals surface area contributed by atoms with E-state index in [2.05, 4.69) is 10.3 Å². The Labute approximate surface area is 85.4 Å². The van der Waals surface area contributed by atoms with Crippen LogP contribution in [0.3, 0.4) is 0 Å². The van der Waals surface area contributed by atoms with E-state index in [0.717, 1.165) is 0 Å². The van der Waals surface area contributed by atoms with Crippen molar-refractivity contribution in [2.75, 3.05) is 6.61 Å². The molecule has 1 rings (SSSR count). The molecule has 7 nitrogen and oxygen atoms in total. The third kappa shape index (κ3) is 2.78. The first-order chi connectivity index (χ1) is 7.04. The number of amides is 1. The van der Waals surface area contributed by atoms with Crippen molar-refractivity contribution < 1.29 is 19.8 Å². The Hall–Kier alpha value is -1.89. The number of aryl methyl sites for hydroxylation is 1. The molecule has 0 aliphatic carbocycles. The van der Waals surface area contributed by atoms with Crippen LogP contribution in [-0.4, -0.2) is 44.3 Å². The molecule has 0 saturated carbocycles. The highest BCUT2D eigenvalue weighted by Gasteiger charge is 2.20. The molecule has 15 heavy (non-hydrogen) atoms. The fourth-order valence-corrected chi connectivity index (χ4v) is 0.948. The summed E-state index contributed by atoms with van der Waals surface area (Å²) in [5.41, 5.74) is 0.109. The number of carbonyl (C=O) groups is 2. The van der Waals surface area contributed by atoms with Gasteiger partial charge in [0.15, 0.2) is 6.04 Å². The monoisotopic (exact) mass is 213 g/mol. The zero-order chi connectivity index (χ0) is 11.4. The van der Waals surface area contributed by atoms with E-state index in [1.165, 1.54) is 12.5 Å². The number of carbonyl (C=O) groups excluding carboxylic acids is 1. The van der Waals surface area contributed by atoms with Crippen LogP contribution in [0.4, 0.5) is 0 Å². The van der Waals surface area contributed by atoms with Crippen molar-refractivity contribution in [2.24, 2.45) is 7.05 Å². The second-order valence-electron chi connectivity index (χ2n) is 2.97. The average Bonchev–Trinajstić information content (AvgIpc) is 2.60. The van der Waals surface area contributed by atoms with Gasteiger partial charge in [-0.15, -0.1) is 0 Å². The molecular weight excluding hydrogens is 202 g/mol. The highest BCUT2D eigenvalue weighted by molar-refractivity contribution is 5.94. The van der Waals surface area contributed by atoms with Crippen LogP contribution in [0.5, 0.6) is 0 Å². The molecule has 3 N–H and O–H groups in total. The molecule has 1 aromatic heterocycles. The third-order valence-corrected chi connectivity index (χ3v) is 1.72. The number of hydrogen-bond acceptors (Lipinski definition) is 4. The topological polar surface area (TPSA) is 104 Å². The Balaban J connectivity index is 2.66. The van der Waals surface area contributed by atoms with Crippen molar-refractivity contribution >= 4 is 11.9 Å². The van der Waals surface area contributed by atoms with Crippen molar-refractivity contribution in [2.45, 2.75) is 6.04 Å². The summed E-state index contributed by atoms with van der Waals surface area (Å²) in [4.78, 5) is 25.6. The Bertz CT molecular complexity index is 374. The summed E-state index contributed by atoms with van der Waals surface area (Å²) in [6.07, 6.45) is 2.87. The highest BCUT2D eigenvalue weighted by Crippen LogP contribution is 1.95. The first kappa shape index (κ1) is 11.2. The second-order valence-corrected chi connectivity index (χ2v) is 2.97.